The lowest BCUT2D eigenvalue weighted by molar-refractivity contribution is -0.149. The van der Waals surface area contributed by atoms with Crippen molar-refractivity contribution in [1.29, 1.82) is 0 Å². The molecular formula is C56H74O24. The van der Waals surface area contributed by atoms with Gasteiger partial charge in [0.05, 0.1) is 130 Å². The Morgan fingerprint density at radius 1 is 0.338 bits per heavy atom. The molecule has 0 aliphatic heterocycles. The number of benzene rings is 4. The first kappa shape index (κ1) is 65.4. The fourth-order valence-electron chi connectivity index (χ4n) is 8.06. The average molecular weight is 1130 g/mol. The second-order valence-corrected chi connectivity index (χ2v) is 19.4. The van der Waals surface area contributed by atoms with Gasteiger partial charge in [-0.25, -0.2) is 19.2 Å². The van der Waals surface area contributed by atoms with Crippen molar-refractivity contribution in [2.45, 2.75) is 83.5 Å². The summed E-state index contributed by atoms with van der Waals surface area (Å²) in [5.74, 6) is -2.63. The summed E-state index contributed by atoms with van der Waals surface area (Å²) in [7, 11) is 10.8. The lowest BCUT2D eigenvalue weighted by Crippen LogP contribution is -2.48. The average Bonchev–Trinajstić information content (AvgIpc) is 3.53. The fourth-order valence-corrected chi connectivity index (χ4v) is 8.06. The molecule has 0 radical (unpaired) electrons. The first-order chi connectivity index (χ1) is 38.0. The highest BCUT2D eigenvalue weighted by molar-refractivity contribution is 5.97. The quantitative estimate of drug-likeness (QED) is 0.0323. The first-order valence-corrected chi connectivity index (χ1v) is 24.7. The minimum atomic E-state index is -1.82. The van der Waals surface area contributed by atoms with E-state index in [0.717, 1.165) is 0 Å². The Kier molecular flexibility index (Phi) is 24.0. The summed E-state index contributed by atoms with van der Waals surface area (Å²) in [5.41, 5.74) is -6.83. The van der Waals surface area contributed by atoms with Crippen LogP contribution in [0, 0.1) is 0 Å². The number of carbonyl (C=O) groups excluding carboxylic acids is 4. The van der Waals surface area contributed by atoms with E-state index in [4.69, 9.17) is 71.1 Å². The van der Waals surface area contributed by atoms with E-state index < -0.39 is 112 Å². The van der Waals surface area contributed by atoms with Gasteiger partial charge in [0.1, 0.15) is 73.9 Å². The van der Waals surface area contributed by atoms with Crippen molar-refractivity contribution in [3.8, 4) is 46.0 Å². The monoisotopic (exact) mass is 1130 g/mol. The second-order valence-electron chi connectivity index (χ2n) is 19.4. The van der Waals surface area contributed by atoms with Gasteiger partial charge in [0.25, 0.3) is 0 Å². The van der Waals surface area contributed by atoms with E-state index in [1.165, 1.54) is 126 Å². The maximum absolute atomic E-state index is 14.3. The number of hydrogen-bond acceptors (Lipinski definition) is 24. The molecule has 442 valence electrons. The van der Waals surface area contributed by atoms with Crippen molar-refractivity contribution >= 4 is 23.9 Å². The minimum Gasteiger partial charge on any atom is -0.497 e. The molecule has 3 unspecified atom stereocenters. The zero-order valence-electron chi connectivity index (χ0n) is 47.4. The number of esters is 4. The predicted octanol–water partition coefficient (Wildman–Crippen LogP) is 4.55. The van der Waals surface area contributed by atoms with Crippen LogP contribution in [0.15, 0.2) is 48.5 Å². The maximum atomic E-state index is 14.3. The molecule has 80 heavy (non-hydrogen) atoms. The fraction of sp³-hybridized carbons (Fsp3) is 0.500. The molecule has 0 aliphatic carbocycles. The van der Waals surface area contributed by atoms with Gasteiger partial charge < -0.3 is 96.6 Å². The van der Waals surface area contributed by atoms with E-state index in [1.54, 1.807) is 13.8 Å². The highest BCUT2D eigenvalue weighted by Gasteiger charge is 2.40. The molecule has 4 aromatic carbocycles. The minimum absolute atomic E-state index is 0.00258. The summed E-state index contributed by atoms with van der Waals surface area (Å²) >= 11 is 0. The number of ether oxygens (including phenoxy) is 15. The van der Waals surface area contributed by atoms with Crippen LogP contribution < -0.4 is 37.9 Å². The van der Waals surface area contributed by atoms with Crippen molar-refractivity contribution in [3.63, 3.8) is 0 Å². The smallest absolute Gasteiger partial charge is 0.343 e. The van der Waals surface area contributed by atoms with E-state index >= 15 is 0 Å². The summed E-state index contributed by atoms with van der Waals surface area (Å²) in [4.78, 5) is 56.1. The summed E-state index contributed by atoms with van der Waals surface area (Å²) in [5, 5.41) is 51.7. The standard InChI is InChI=1S/C56H74O24/c1-53(2,77-49(62)45-33(22-57)14-37(66-6)18-41(45)70-10)27-74-29-55(4,79-51(64)47-35(24-59)16-39(68-8)20-43(47)72-12)31-76-32-56(5,80-52(65)48-36(25-60)17-40(69-9)21-44(48)73-13)30-75-28-54(3,26-61)78-50(63)46-34(23-58)15-38(67-7)19-42(46)71-11/h14-21,57-61H,22-32H2,1-13H3. The van der Waals surface area contributed by atoms with Gasteiger partial charge in [0.2, 0.25) is 0 Å². The predicted molar refractivity (Wildman–Crippen MR) is 282 cm³/mol. The molecule has 24 nitrogen and oxygen atoms in total. The Morgan fingerprint density at radius 3 is 0.812 bits per heavy atom. The molecule has 0 aliphatic rings. The number of carbonyl (C=O) groups is 4. The van der Waals surface area contributed by atoms with E-state index in [1.807, 2.05) is 0 Å². The van der Waals surface area contributed by atoms with Crippen LogP contribution in [0.25, 0.3) is 0 Å². The lowest BCUT2D eigenvalue weighted by atomic mass is 10.0. The van der Waals surface area contributed by atoms with Gasteiger partial charge in [-0.05, 0) is 81.1 Å². The summed E-state index contributed by atoms with van der Waals surface area (Å²) in [6.07, 6.45) is 0. The largest absolute Gasteiger partial charge is 0.497 e. The van der Waals surface area contributed by atoms with Gasteiger partial charge in [-0.3, -0.25) is 0 Å². The molecule has 0 aromatic heterocycles. The molecule has 0 amide bonds. The Bertz CT molecular complexity index is 2660. The van der Waals surface area contributed by atoms with Gasteiger partial charge in [0.15, 0.2) is 16.8 Å². The van der Waals surface area contributed by atoms with Crippen LogP contribution in [0.4, 0.5) is 0 Å². The van der Waals surface area contributed by atoms with Crippen LogP contribution in [-0.2, 0) is 59.6 Å². The summed E-state index contributed by atoms with van der Waals surface area (Å²) in [6.45, 7) is 1.31. The molecule has 0 spiro atoms. The zero-order chi connectivity index (χ0) is 59.6. The number of hydrogen-bond donors (Lipinski definition) is 5. The van der Waals surface area contributed by atoms with Crippen LogP contribution >= 0.6 is 0 Å². The zero-order valence-corrected chi connectivity index (χ0v) is 47.4. The Labute approximate surface area is 464 Å². The molecule has 0 bridgehead atoms. The van der Waals surface area contributed by atoms with Crippen molar-refractivity contribution in [1.82, 2.24) is 0 Å². The van der Waals surface area contributed by atoms with E-state index in [2.05, 4.69) is 0 Å². The van der Waals surface area contributed by atoms with Crippen molar-refractivity contribution in [2.24, 2.45) is 0 Å². The highest BCUT2D eigenvalue weighted by Crippen LogP contribution is 2.36. The van der Waals surface area contributed by atoms with Gasteiger partial charge in [-0.1, -0.05) is 0 Å². The van der Waals surface area contributed by atoms with E-state index in [0.29, 0.717) is 5.75 Å². The molecule has 4 aromatic rings. The van der Waals surface area contributed by atoms with Gasteiger partial charge in [-0.2, -0.15) is 0 Å². The van der Waals surface area contributed by atoms with Crippen molar-refractivity contribution in [2.75, 3.05) is 103 Å². The maximum Gasteiger partial charge on any atom is 0.343 e. The van der Waals surface area contributed by atoms with Crippen LogP contribution in [0.2, 0.25) is 0 Å². The van der Waals surface area contributed by atoms with Gasteiger partial charge >= 0.3 is 23.9 Å². The van der Waals surface area contributed by atoms with Crippen LogP contribution in [0.3, 0.4) is 0 Å². The van der Waals surface area contributed by atoms with Crippen LogP contribution in [-0.4, -0.2) is 175 Å². The van der Waals surface area contributed by atoms with Crippen molar-refractivity contribution < 1.29 is 116 Å². The molecule has 4 rings (SSSR count). The number of rotatable bonds is 33. The second kappa shape index (κ2) is 29.3. The summed E-state index contributed by atoms with van der Waals surface area (Å²) < 4.78 is 85.5. The van der Waals surface area contributed by atoms with Gasteiger partial charge in [-0.15, -0.1) is 0 Å². The third-order valence-electron chi connectivity index (χ3n) is 12.2. The van der Waals surface area contributed by atoms with Crippen LogP contribution in [0.5, 0.6) is 46.0 Å². The molecule has 0 saturated carbocycles. The van der Waals surface area contributed by atoms with E-state index in [9.17, 15) is 44.7 Å². The first-order valence-electron chi connectivity index (χ1n) is 24.7. The Morgan fingerprint density at radius 2 is 0.575 bits per heavy atom. The molecule has 0 heterocycles. The lowest BCUT2D eigenvalue weighted by Gasteiger charge is -2.35. The number of methoxy groups -OCH3 is 8. The third-order valence-corrected chi connectivity index (χ3v) is 12.2. The number of aliphatic hydroxyl groups is 5. The molecule has 3 atom stereocenters. The number of aliphatic hydroxyl groups excluding tert-OH is 5. The Hall–Kier alpha value is -7.16. The van der Waals surface area contributed by atoms with E-state index in [-0.39, 0.29) is 91.4 Å². The normalized spacial score (nSPS) is 13.6. The molecule has 5 N–H and O–H groups in total. The SMILES string of the molecule is COc1cc(CO)c(C(=O)OC(C)(C)COCC(C)(COCC(C)(COCC(C)(CO)OC(=O)c2c(CO)cc(OC)cc2OC)OC(=O)c2c(CO)cc(OC)cc2OC)OC(=O)c2c(CO)cc(OC)cc2OC)c(OC)c1. The summed E-state index contributed by atoms with van der Waals surface area (Å²) in [6, 6.07) is 11.4. The Balaban J connectivity index is 1.71. The van der Waals surface area contributed by atoms with Crippen LogP contribution in [0.1, 0.15) is 98.3 Å². The molecular weight excluding hydrogens is 1060 g/mol. The van der Waals surface area contributed by atoms with Gasteiger partial charge in [0, 0.05) is 24.3 Å². The van der Waals surface area contributed by atoms with Crippen molar-refractivity contribution in [3.05, 3.63) is 93.0 Å². The molecule has 0 saturated heterocycles. The topological polar surface area (TPSA) is 308 Å². The molecule has 24 heteroatoms. The highest BCUT2D eigenvalue weighted by atomic mass is 16.6. The third kappa shape index (κ3) is 16.7. The molecule has 0 fully saturated rings.